The highest BCUT2D eigenvalue weighted by atomic mass is 16.5. The third-order valence-electron chi connectivity index (χ3n) is 3.29. The lowest BCUT2D eigenvalue weighted by Crippen LogP contribution is -2.19. The van der Waals surface area contributed by atoms with E-state index in [2.05, 4.69) is 6.92 Å². The molecule has 0 bridgehead atoms. The normalized spacial score (nSPS) is 12.3. The first kappa shape index (κ1) is 16.9. The van der Waals surface area contributed by atoms with Crippen LogP contribution in [0.3, 0.4) is 0 Å². The van der Waals surface area contributed by atoms with E-state index < -0.39 is 0 Å². The van der Waals surface area contributed by atoms with Gasteiger partial charge in [-0.2, -0.15) is 0 Å². The van der Waals surface area contributed by atoms with Gasteiger partial charge in [-0.15, -0.1) is 0 Å². The summed E-state index contributed by atoms with van der Waals surface area (Å²) in [5.41, 5.74) is 0.749. The average Bonchev–Trinajstić information content (AvgIpc) is 2.48. The van der Waals surface area contributed by atoms with Crippen LogP contribution in [0.15, 0.2) is 30.3 Å². The summed E-state index contributed by atoms with van der Waals surface area (Å²) in [6, 6.07) is 9.36. The fourth-order valence-corrected chi connectivity index (χ4v) is 2.07. The van der Waals surface area contributed by atoms with E-state index >= 15 is 0 Å². The number of aliphatic hydroxyl groups excluding tert-OH is 1. The van der Waals surface area contributed by atoms with E-state index in [9.17, 15) is 4.79 Å². The van der Waals surface area contributed by atoms with Crippen molar-refractivity contribution in [3.05, 3.63) is 35.9 Å². The molecule has 3 heteroatoms. The molecule has 0 spiro atoms. The maximum atomic E-state index is 12.2. The molecule has 20 heavy (non-hydrogen) atoms. The zero-order valence-corrected chi connectivity index (χ0v) is 12.4. The van der Waals surface area contributed by atoms with E-state index in [-0.39, 0.29) is 18.5 Å². The molecule has 0 aliphatic heterocycles. The summed E-state index contributed by atoms with van der Waals surface area (Å²) in [5, 5.41) is 8.85. The second-order valence-corrected chi connectivity index (χ2v) is 5.06. The molecule has 1 rings (SSSR count). The van der Waals surface area contributed by atoms with Crippen molar-refractivity contribution in [3.8, 4) is 0 Å². The number of aliphatic hydroxyl groups is 1. The van der Waals surface area contributed by atoms with Crippen molar-refractivity contribution >= 4 is 5.78 Å². The number of ketones is 1. The zero-order chi connectivity index (χ0) is 14.6. The van der Waals surface area contributed by atoms with Crippen molar-refractivity contribution in [2.24, 2.45) is 0 Å². The maximum absolute atomic E-state index is 12.2. The second kappa shape index (κ2) is 10.6. The number of carbonyl (C=O) groups excluding carboxylic acids is 1. The summed E-state index contributed by atoms with van der Waals surface area (Å²) in [7, 11) is 0. The lowest BCUT2D eigenvalue weighted by atomic mass is 10.0. The predicted molar refractivity (Wildman–Crippen MR) is 81.0 cm³/mol. The molecule has 0 aliphatic rings. The standard InChI is InChI=1S/C17H26O3/c1-2-3-13-20-16(11-7-8-12-18)14-17(19)15-9-5-4-6-10-15/h4-6,9-10,16,18H,2-3,7-8,11-14H2,1H3. The van der Waals surface area contributed by atoms with Crippen molar-refractivity contribution in [1.82, 2.24) is 0 Å². The molecule has 0 heterocycles. The van der Waals surface area contributed by atoms with Crippen molar-refractivity contribution in [2.45, 2.75) is 51.6 Å². The average molecular weight is 278 g/mol. The summed E-state index contributed by atoms with van der Waals surface area (Å²) >= 11 is 0. The highest BCUT2D eigenvalue weighted by Crippen LogP contribution is 2.14. The Morgan fingerprint density at radius 3 is 2.60 bits per heavy atom. The lowest BCUT2D eigenvalue weighted by Gasteiger charge is -2.17. The van der Waals surface area contributed by atoms with Crippen LogP contribution in [-0.4, -0.2) is 30.2 Å². The largest absolute Gasteiger partial charge is 0.396 e. The fourth-order valence-electron chi connectivity index (χ4n) is 2.07. The minimum atomic E-state index is -0.0270. The molecular formula is C17H26O3. The van der Waals surface area contributed by atoms with Gasteiger partial charge in [-0.25, -0.2) is 0 Å². The summed E-state index contributed by atoms with van der Waals surface area (Å²) < 4.78 is 5.82. The molecule has 0 amide bonds. The van der Waals surface area contributed by atoms with Crippen molar-refractivity contribution < 1.29 is 14.6 Å². The molecule has 3 nitrogen and oxygen atoms in total. The number of benzene rings is 1. The molecular weight excluding hydrogens is 252 g/mol. The number of hydrogen-bond acceptors (Lipinski definition) is 3. The molecule has 1 aromatic rings. The third-order valence-corrected chi connectivity index (χ3v) is 3.29. The van der Waals surface area contributed by atoms with Gasteiger partial charge in [0.2, 0.25) is 0 Å². The number of ether oxygens (including phenoxy) is 1. The van der Waals surface area contributed by atoms with Crippen molar-refractivity contribution in [2.75, 3.05) is 13.2 Å². The second-order valence-electron chi connectivity index (χ2n) is 5.06. The highest BCUT2D eigenvalue weighted by molar-refractivity contribution is 5.96. The first-order valence-electron chi connectivity index (χ1n) is 7.58. The van der Waals surface area contributed by atoms with Gasteiger partial charge in [-0.3, -0.25) is 4.79 Å². The summed E-state index contributed by atoms with van der Waals surface area (Å²) in [6.07, 6.45) is 5.03. The molecule has 0 radical (unpaired) electrons. The molecule has 0 aliphatic carbocycles. The van der Waals surface area contributed by atoms with Gasteiger partial charge >= 0.3 is 0 Å². The Labute approximate surface area is 122 Å². The molecule has 0 saturated heterocycles. The van der Waals surface area contributed by atoms with Gasteiger partial charge < -0.3 is 9.84 Å². The van der Waals surface area contributed by atoms with Crippen molar-refractivity contribution in [1.29, 1.82) is 0 Å². The molecule has 1 N–H and O–H groups in total. The number of unbranched alkanes of at least 4 members (excludes halogenated alkanes) is 2. The quantitative estimate of drug-likeness (QED) is 0.497. The third kappa shape index (κ3) is 6.83. The smallest absolute Gasteiger partial charge is 0.165 e. The Kier molecular flexibility index (Phi) is 8.92. The Balaban J connectivity index is 2.47. The lowest BCUT2D eigenvalue weighted by molar-refractivity contribution is 0.0361. The molecule has 0 aromatic heterocycles. The van der Waals surface area contributed by atoms with E-state index in [0.717, 1.165) is 37.7 Å². The van der Waals surface area contributed by atoms with E-state index in [0.29, 0.717) is 13.0 Å². The first-order chi connectivity index (χ1) is 9.77. The van der Waals surface area contributed by atoms with Crippen LogP contribution in [0, 0.1) is 0 Å². The van der Waals surface area contributed by atoms with Crippen LogP contribution in [0.25, 0.3) is 0 Å². The first-order valence-corrected chi connectivity index (χ1v) is 7.58. The van der Waals surface area contributed by atoms with Crippen LogP contribution in [0.1, 0.15) is 55.8 Å². The number of Topliss-reactive ketones (excluding diaryl/α,β-unsaturated/α-hetero) is 1. The van der Waals surface area contributed by atoms with Crippen LogP contribution >= 0.6 is 0 Å². The number of rotatable bonds is 11. The summed E-state index contributed by atoms with van der Waals surface area (Å²) in [6.45, 7) is 3.04. The molecule has 0 fully saturated rings. The summed E-state index contributed by atoms with van der Waals surface area (Å²) in [5.74, 6) is 0.135. The molecule has 1 aromatic carbocycles. The minimum Gasteiger partial charge on any atom is -0.396 e. The Morgan fingerprint density at radius 2 is 1.95 bits per heavy atom. The fraction of sp³-hybridized carbons (Fsp3) is 0.588. The van der Waals surface area contributed by atoms with Gasteiger partial charge in [0.05, 0.1) is 6.10 Å². The monoisotopic (exact) mass is 278 g/mol. The maximum Gasteiger partial charge on any atom is 0.165 e. The molecule has 1 atom stereocenters. The number of hydrogen-bond donors (Lipinski definition) is 1. The summed E-state index contributed by atoms with van der Waals surface area (Å²) in [4.78, 5) is 12.2. The van der Waals surface area contributed by atoms with Gasteiger partial charge in [0.15, 0.2) is 5.78 Å². The molecule has 112 valence electrons. The highest BCUT2D eigenvalue weighted by Gasteiger charge is 2.15. The van der Waals surface area contributed by atoms with Gasteiger partial charge in [0.25, 0.3) is 0 Å². The Bertz CT molecular complexity index is 352. The Hall–Kier alpha value is -1.19. The van der Waals surface area contributed by atoms with E-state index in [1.54, 1.807) is 0 Å². The SMILES string of the molecule is CCCCOC(CCCCO)CC(=O)c1ccccc1. The zero-order valence-electron chi connectivity index (χ0n) is 12.4. The minimum absolute atomic E-state index is 0.0270. The molecule has 1 unspecified atom stereocenters. The van der Waals surface area contributed by atoms with E-state index in [4.69, 9.17) is 9.84 Å². The topological polar surface area (TPSA) is 46.5 Å². The van der Waals surface area contributed by atoms with E-state index in [1.807, 2.05) is 30.3 Å². The van der Waals surface area contributed by atoms with Gasteiger partial charge in [-0.1, -0.05) is 43.7 Å². The predicted octanol–water partition coefficient (Wildman–Crippen LogP) is 3.61. The van der Waals surface area contributed by atoms with E-state index in [1.165, 1.54) is 0 Å². The van der Waals surface area contributed by atoms with Gasteiger partial charge in [0.1, 0.15) is 0 Å². The van der Waals surface area contributed by atoms with Crippen LogP contribution in [0.2, 0.25) is 0 Å². The van der Waals surface area contributed by atoms with Gasteiger partial charge in [0, 0.05) is 25.2 Å². The van der Waals surface area contributed by atoms with Crippen LogP contribution in [0.5, 0.6) is 0 Å². The van der Waals surface area contributed by atoms with Gasteiger partial charge in [-0.05, 0) is 25.7 Å². The van der Waals surface area contributed by atoms with Crippen LogP contribution < -0.4 is 0 Å². The van der Waals surface area contributed by atoms with Crippen LogP contribution in [-0.2, 0) is 4.74 Å². The molecule has 0 saturated carbocycles. The Morgan fingerprint density at radius 1 is 1.20 bits per heavy atom. The van der Waals surface area contributed by atoms with Crippen molar-refractivity contribution in [3.63, 3.8) is 0 Å². The van der Waals surface area contributed by atoms with Crippen LogP contribution in [0.4, 0.5) is 0 Å². The number of carbonyl (C=O) groups is 1.